The maximum absolute atomic E-state index is 12.9. The molecule has 0 spiro atoms. The van der Waals surface area contributed by atoms with E-state index in [0.29, 0.717) is 29.2 Å². The maximum Gasteiger partial charge on any atom is 0.251 e. The molecule has 0 aliphatic carbocycles. The number of imidazole rings is 1. The minimum atomic E-state index is -3.42. The Balaban J connectivity index is 1.59. The van der Waals surface area contributed by atoms with Crippen LogP contribution in [0, 0.1) is 0 Å². The number of sulfonamides is 1. The van der Waals surface area contributed by atoms with Gasteiger partial charge in [-0.3, -0.25) is 9.10 Å². The summed E-state index contributed by atoms with van der Waals surface area (Å²) in [7, 11) is -1.51. The third-order valence-corrected chi connectivity index (χ3v) is 7.56. The molecule has 1 aliphatic heterocycles. The van der Waals surface area contributed by atoms with Crippen LogP contribution in [-0.4, -0.2) is 36.2 Å². The molecule has 1 fully saturated rings. The Morgan fingerprint density at radius 2 is 1.97 bits per heavy atom. The molecule has 2 aromatic carbocycles. The number of benzene rings is 2. The molecule has 4 rings (SSSR count). The topological polar surface area (TPSA) is 84.3 Å². The van der Waals surface area contributed by atoms with Crippen molar-refractivity contribution in [2.75, 3.05) is 16.6 Å². The highest BCUT2D eigenvalue weighted by molar-refractivity contribution is 7.92. The first-order valence-corrected chi connectivity index (χ1v) is 11.8. The van der Waals surface area contributed by atoms with Gasteiger partial charge < -0.3 is 9.88 Å². The van der Waals surface area contributed by atoms with Crippen molar-refractivity contribution in [3.8, 4) is 0 Å². The summed E-state index contributed by atoms with van der Waals surface area (Å²) in [6.07, 6.45) is 1.39. The van der Waals surface area contributed by atoms with Gasteiger partial charge in [0.15, 0.2) is 0 Å². The van der Waals surface area contributed by atoms with E-state index >= 15 is 0 Å². The van der Waals surface area contributed by atoms with Crippen molar-refractivity contribution in [3.05, 3.63) is 58.9 Å². The first-order valence-electron chi connectivity index (χ1n) is 9.80. The number of nitrogens with one attached hydrogen (secondary N) is 1. The van der Waals surface area contributed by atoms with Crippen LogP contribution < -0.4 is 9.62 Å². The monoisotopic (exact) mass is 446 g/mol. The van der Waals surface area contributed by atoms with E-state index in [4.69, 9.17) is 11.6 Å². The number of hydrogen-bond acceptors (Lipinski definition) is 4. The molecule has 7 nitrogen and oxygen atoms in total. The van der Waals surface area contributed by atoms with Gasteiger partial charge in [-0.15, -0.1) is 0 Å². The number of aromatic nitrogens is 2. The number of carbonyl (C=O) groups excluding carboxylic acids is 1. The molecule has 9 heteroatoms. The molecule has 0 unspecified atom stereocenters. The van der Waals surface area contributed by atoms with E-state index in [9.17, 15) is 13.2 Å². The summed E-state index contributed by atoms with van der Waals surface area (Å²) >= 11 is 6.28. The van der Waals surface area contributed by atoms with Crippen LogP contribution in [0.3, 0.4) is 0 Å². The Labute approximate surface area is 180 Å². The quantitative estimate of drug-likeness (QED) is 0.663. The average molecular weight is 447 g/mol. The summed E-state index contributed by atoms with van der Waals surface area (Å²) in [5.41, 5.74) is 2.54. The van der Waals surface area contributed by atoms with Crippen LogP contribution in [0.25, 0.3) is 11.0 Å². The summed E-state index contributed by atoms with van der Waals surface area (Å²) in [5, 5.41) is 3.26. The normalized spacial score (nSPS) is 17.1. The van der Waals surface area contributed by atoms with E-state index in [0.717, 1.165) is 23.3 Å². The van der Waals surface area contributed by atoms with Crippen LogP contribution in [0.15, 0.2) is 42.5 Å². The number of anilines is 1. The van der Waals surface area contributed by atoms with Crippen molar-refractivity contribution in [1.29, 1.82) is 0 Å². The molecule has 158 valence electrons. The average Bonchev–Trinajstić information content (AvgIpc) is 3.05. The van der Waals surface area contributed by atoms with Crippen molar-refractivity contribution >= 4 is 44.3 Å². The lowest BCUT2D eigenvalue weighted by Crippen LogP contribution is -2.38. The zero-order valence-corrected chi connectivity index (χ0v) is 18.4. The van der Waals surface area contributed by atoms with Crippen LogP contribution >= 0.6 is 11.6 Å². The predicted octanol–water partition coefficient (Wildman–Crippen LogP) is 3.65. The molecule has 30 heavy (non-hydrogen) atoms. The zero-order chi connectivity index (χ0) is 21.5. The molecule has 1 atom stereocenters. The van der Waals surface area contributed by atoms with Gasteiger partial charge in [-0.05, 0) is 50.1 Å². The van der Waals surface area contributed by atoms with Crippen molar-refractivity contribution in [2.45, 2.75) is 25.8 Å². The van der Waals surface area contributed by atoms with Gasteiger partial charge >= 0.3 is 0 Å². The van der Waals surface area contributed by atoms with Gasteiger partial charge in [0.25, 0.3) is 5.91 Å². The fourth-order valence-corrected chi connectivity index (χ4v) is 5.72. The van der Waals surface area contributed by atoms with Gasteiger partial charge in [0.2, 0.25) is 10.0 Å². The lowest BCUT2D eigenvalue weighted by Gasteiger charge is -2.29. The molecule has 0 radical (unpaired) electrons. The summed E-state index contributed by atoms with van der Waals surface area (Å²) in [4.78, 5) is 17.5. The zero-order valence-electron chi connectivity index (χ0n) is 16.8. The van der Waals surface area contributed by atoms with Gasteiger partial charge in [0, 0.05) is 19.2 Å². The van der Waals surface area contributed by atoms with Crippen LogP contribution in [0.1, 0.15) is 42.0 Å². The number of fused-ring (bicyclic) bond motifs is 1. The Kier molecular flexibility index (Phi) is 5.46. The molecule has 2 heterocycles. The molecule has 3 aromatic rings. The van der Waals surface area contributed by atoms with Gasteiger partial charge in [0.1, 0.15) is 5.82 Å². The number of halogens is 1. The van der Waals surface area contributed by atoms with E-state index in [1.54, 1.807) is 18.2 Å². The van der Waals surface area contributed by atoms with Crippen molar-refractivity contribution in [3.63, 3.8) is 0 Å². The Hall–Kier alpha value is -2.58. The second-order valence-corrected chi connectivity index (χ2v) is 9.89. The number of para-hydroxylation sites is 2. The van der Waals surface area contributed by atoms with Crippen molar-refractivity contribution in [2.24, 2.45) is 7.05 Å². The highest BCUT2D eigenvalue weighted by Gasteiger charge is 2.28. The van der Waals surface area contributed by atoms with Crippen LogP contribution in [0.4, 0.5) is 5.69 Å². The standard InChI is InChI=1S/C21H23ClN4O3S/c1-14(20-24-17-7-3-4-8-18(17)25(20)2)23-21(27)15-9-10-16(22)19(13-15)26-11-5-6-12-30(26,28)29/h3-4,7-10,13-14H,5-6,11-12H2,1-2H3,(H,23,27)/t14-/m1/s1. The van der Waals surface area contributed by atoms with Crippen molar-refractivity contribution in [1.82, 2.24) is 14.9 Å². The minimum absolute atomic E-state index is 0.0868. The molecule has 1 aromatic heterocycles. The van der Waals surface area contributed by atoms with E-state index < -0.39 is 10.0 Å². The molecule has 0 bridgehead atoms. The second-order valence-electron chi connectivity index (χ2n) is 7.47. The van der Waals surface area contributed by atoms with E-state index in [1.807, 2.05) is 42.8 Å². The van der Waals surface area contributed by atoms with E-state index in [2.05, 4.69) is 10.3 Å². The Morgan fingerprint density at radius 1 is 1.20 bits per heavy atom. The first kappa shape index (κ1) is 20.7. The Bertz CT molecular complexity index is 1220. The number of nitrogens with zero attached hydrogens (tertiary/aromatic N) is 3. The third-order valence-electron chi connectivity index (χ3n) is 5.38. The van der Waals surface area contributed by atoms with Crippen LogP contribution in [0.5, 0.6) is 0 Å². The SMILES string of the molecule is C[C@@H](NC(=O)c1ccc(Cl)c(N2CCCCS2(=O)=O)c1)c1nc2ccccc2n1C. The lowest BCUT2D eigenvalue weighted by atomic mass is 10.1. The highest BCUT2D eigenvalue weighted by Crippen LogP contribution is 2.32. The number of rotatable bonds is 4. The van der Waals surface area contributed by atoms with E-state index in [-0.39, 0.29) is 17.7 Å². The Morgan fingerprint density at radius 3 is 2.70 bits per heavy atom. The molecular formula is C21H23ClN4O3S. The number of amides is 1. The fourth-order valence-electron chi connectivity index (χ4n) is 3.80. The first-order chi connectivity index (χ1) is 14.3. The molecule has 1 amide bonds. The fraction of sp³-hybridized carbons (Fsp3) is 0.333. The van der Waals surface area contributed by atoms with Crippen molar-refractivity contribution < 1.29 is 13.2 Å². The van der Waals surface area contributed by atoms with Crippen LogP contribution in [-0.2, 0) is 17.1 Å². The van der Waals surface area contributed by atoms with Gasteiger partial charge in [-0.1, -0.05) is 23.7 Å². The molecule has 1 N–H and O–H groups in total. The second kappa shape index (κ2) is 7.92. The summed E-state index contributed by atoms with van der Waals surface area (Å²) in [6, 6.07) is 12.1. The smallest absolute Gasteiger partial charge is 0.251 e. The number of hydrogen-bond donors (Lipinski definition) is 1. The summed E-state index contributed by atoms with van der Waals surface area (Å²) in [5.74, 6) is 0.503. The van der Waals surface area contributed by atoms with E-state index in [1.165, 1.54) is 4.31 Å². The molecule has 1 saturated heterocycles. The minimum Gasteiger partial charge on any atom is -0.342 e. The summed E-state index contributed by atoms with van der Waals surface area (Å²) < 4.78 is 28.2. The van der Waals surface area contributed by atoms with Gasteiger partial charge in [-0.2, -0.15) is 0 Å². The summed E-state index contributed by atoms with van der Waals surface area (Å²) in [6.45, 7) is 2.23. The third kappa shape index (κ3) is 3.77. The predicted molar refractivity (Wildman–Crippen MR) is 118 cm³/mol. The molecule has 1 aliphatic rings. The molecule has 0 saturated carbocycles. The van der Waals surface area contributed by atoms with Gasteiger partial charge in [-0.25, -0.2) is 13.4 Å². The largest absolute Gasteiger partial charge is 0.342 e. The number of aryl methyl sites for hydroxylation is 1. The van der Waals surface area contributed by atoms with Crippen LogP contribution in [0.2, 0.25) is 5.02 Å². The number of carbonyl (C=O) groups is 1. The highest BCUT2D eigenvalue weighted by atomic mass is 35.5. The lowest BCUT2D eigenvalue weighted by molar-refractivity contribution is 0.0938. The molecular weight excluding hydrogens is 424 g/mol. The van der Waals surface area contributed by atoms with Gasteiger partial charge in [0.05, 0.1) is 33.5 Å². The maximum atomic E-state index is 12.9.